The van der Waals surface area contributed by atoms with Gasteiger partial charge in [0.2, 0.25) is 10.0 Å². The molecule has 0 saturated heterocycles. The minimum atomic E-state index is -3.38. The van der Waals surface area contributed by atoms with Gasteiger partial charge in [-0.15, -0.1) is 0 Å². The van der Waals surface area contributed by atoms with E-state index in [2.05, 4.69) is 30.8 Å². The van der Waals surface area contributed by atoms with Crippen LogP contribution in [0.1, 0.15) is 46.5 Å². The van der Waals surface area contributed by atoms with Gasteiger partial charge in [0.05, 0.1) is 4.90 Å². The summed E-state index contributed by atoms with van der Waals surface area (Å²) in [6.45, 7) is 7.84. The van der Waals surface area contributed by atoms with E-state index in [9.17, 15) is 8.42 Å². The van der Waals surface area contributed by atoms with E-state index in [0.29, 0.717) is 17.4 Å². The first kappa shape index (κ1) is 18.0. The molecule has 0 radical (unpaired) electrons. The molecule has 1 rings (SSSR count). The Morgan fingerprint density at radius 2 is 1.71 bits per heavy atom. The van der Waals surface area contributed by atoms with Gasteiger partial charge in [0.25, 0.3) is 0 Å². The Balaban J connectivity index is 2.46. The monoisotopic (exact) mass is 312 g/mol. The molecule has 0 unspecified atom stereocenters. The maximum absolute atomic E-state index is 12.1. The van der Waals surface area contributed by atoms with Crippen LogP contribution in [0.3, 0.4) is 0 Å². The highest BCUT2D eigenvalue weighted by Gasteiger charge is 2.12. The predicted molar refractivity (Wildman–Crippen MR) is 89.1 cm³/mol. The zero-order chi connectivity index (χ0) is 15.7. The molecule has 0 fully saturated rings. The summed E-state index contributed by atoms with van der Waals surface area (Å²) < 4.78 is 26.9. The third-order valence-electron chi connectivity index (χ3n) is 3.24. The SMILES string of the molecule is CCCNc1ccc(S(=O)(=O)NCCCCC(C)C)cc1. The molecule has 0 aromatic heterocycles. The normalized spacial score (nSPS) is 11.8. The van der Waals surface area contributed by atoms with Crippen LogP contribution in [0, 0.1) is 5.92 Å². The number of hydrogen-bond donors (Lipinski definition) is 2. The maximum Gasteiger partial charge on any atom is 0.240 e. The van der Waals surface area contributed by atoms with Gasteiger partial charge in [-0.05, 0) is 43.0 Å². The molecule has 21 heavy (non-hydrogen) atoms. The summed E-state index contributed by atoms with van der Waals surface area (Å²) in [7, 11) is -3.38. The van der Waals surface area contributed by atoms with Crippen molar-refractivity contribution in [3.05, 3.63) is 24.3 Å². The molecule has 0 spiro atoms. The van der Waals surface area contributed by atoms with Crippen LogP contribution in [0.15, 0.2) is 29.2 Å². The van der Waals surface area contributed by atoms with Crippen molar-refractivity contribution >= 4 is 15.7 Å². The number of rotatable bonds is 10. The van der Waals surface area contributed by atoms with Crippen LogP contribution < -0.4 is 10.0 Å². The number of sulfonamides is 1. The second kappa shape index (κ2) is 9.05. The number of hydrogen-bond acceptors (Lipinski definition) is 3. The fourth-order valence-corrected chi connectivity index (χ4v) is 3.06. The fraction of sp³-hybridized carbons (Fsp3) is 0.625. The molecule has 5 heteroatoms. The second-order valence-corrected chi connectivity index (χ2v) is 7.51. The van der Waals surface area contributed by atoms with Crippen molar-refractivity contribution in [3.8, 4) is 0 Å². The number of unbranched alkanes of at least 4 members (excludes halogenated alkanes) is 1. The average Bonchev–Trinajstić information content (AvgIpc) is 2.44. The highest BCUT2D eigenvalue weighted by Crippen LogP contribution is 2.14. The Morgan fingerprint density at radius 3 is 2.29 bits per heavy atom. The quantitative estimate of drug-likeness (QED) is 0.649. The van der Waals surface area contributed by atoms with E-state index in [1.54, 1.807) is 12.1 Å². The van der Waals surface area contributed by atoms with Crippen LogP contribution in [0.25, 0.3) is 0 Å². The van der Waals surface area contributed by atoms with E-state index < -0.39 is 10.0 Å². The molecule has 120 valence electrons. The van der Waals surface area contributed by atoms with Crippen molar-refractivity contribution in [1.82, 2.24) is 4.72 Å². The second-order valence-electron chi connectivity index (χ2n) is 5.74. The summed E-state index contributed by atoms with van der Waals surface area (Å²) in [4.78, 5) is 0.327. The Morgan fingerprint density at radius 1 is 1.05 bits per heavy atom. The summed E-state index contributed by atoms with van der Waals surface area (Å²) >= 11 is 0. The largest absolute Gasteiger partial charge is 0.385 e. The van der Waals surface area contributed by atoms with Gasteiger partial charge in [0.15, 0.2) is 0 Å². The lowest BCUT2D eigenvalue weighted by atomic mass is 10.1. The van der Waals surface area contributed by atoms with E-state index in [1.807, 2.05) is 12.1 Å². The predicted octanol–water partition coefficient (Wildman–Crippen LogP) is 3.61. The molecule has 1 aromatic rings. The Hall–Kier alpha value is -1.07. The summed E-state index contributed by atoms with van der Waals surface area (Å²) in [6, 6.07) is 6.91. The van der Waals surface area contributed by atoms with Crippen molar-refractivity contribution in [2.24, 2.45) is 5.92 Å². The lowest BCUT2D eigenvalue weighted by Crippen LogP contribution is -2.24. The first-order chi connectivity index (χ1) is 9.95. The van der Waals surface area contributed by atoms with Crippen molar-refractivity contribution in [2.75, 3.05) is 18.4 Å². The molecule has 2 N–H and O–H groups in total. The number of anilines is 1. The standard InChI is InChI=1S/C16H28N2O2S/c1-4-12-17-15-8-10-16(11-9-15)21(19,20)18-13-6-5-7-14(2)3/h8-11,14,17-18H,4-7,12-13H2,1-3H3. The summed E-state index contributed by atoms with van der Waals surface area (Å²) in [5.74, 6) is 0.671. The van der Waals surface area contributed by atoms with Crippen LogP contribution in [0.4, 0.5) is 5.69 Å². The van der Waals surface area contributed by atoms with Gasteiger partial charge in [-0.3, -0.25) is 0 Å². The third kappa shape index (κ3) is 6.96. The van der Waals surface area contributed by atoms with Gasteiger partial charge >= 0.3 is 0 Å². The molecule has 0 saturated carbocycles. The molecule has 1 aromatic carbocycles. The van der Waals surface area contributed by atoms with Gasteiger partial charge in [0, 0.05) is 18.8 Å². The lowest BCUT2D eigenvalue weighted by molar-refractivity contribution is 0.530. The molecular formula is C16H28N2O2S. The molecule has 0 atom stereocenters. The van der Waals surface area contributed by atoms with Crippen molar-refractivity contribution in [1.29, 1.82) is 0 Å². The highest BCUT2D eigenvalue weighted by molar-refractivity contribution is 7.89. The molecular weight excluding hydrogens is 284 g/mol. The first-order valence-corrected chi connectivity index (χ1v) is 9.27. The van der Waals surface area contributed by atoms with E-state index >= 15 is 0 Å². The summed E-state index contributed by atoms with van der Waals surface area (Å²) in [5, 5.41) is 3.23. The summed E-state index contributed by atoms with van der Waals surface area (Å²) in [5.41, 5.74) is 0.952. The zero-order valence-corrected chi connectivity index (χ0v) is 14.2. The van der Waals surface area contributed by atoms with Crippen LogP contribution in [0.2, 0.25) is 0 Å². The maximum atomic E-state index is 12.1. The average molecular weight is 312 g/mol. The molecule has 0 aliphatic carbocycles. The first-order valence-electron chi connectivity index (χ1n) is 7.79. The molecule has 0 aliphatic heterocycles. The van der Waals surface area contributed by atoms with Gasteiger partial charge < -0.3 is 5.32 Å². The van der Waals surface area contributed by atoms with Crippen LogP contribution in [0.5, 0.6) is 0 Å². The van der Waals surface area contributed by atoms with Crippen molar-refractivity contribution < 1.29 is 8.42 Å². The van der Waals surface area contributed by atoms with Gasteiger partial charge in [-0.2, -0.15) is 0 Å². The van der Waals surface area contributed by atoms with Gasteiger partial charge in [0.1, 0.15) is 0 Å². The Labute approximate surface area is 129 Å². The lowest BCUT2D eigenvalue weighted by Gasteiger charge is -2.09. The third-order valence-corrected chi connectivity index (χ3v) is 4.72. The minimum absolute atomic E-state index is 0.327. The van der Waals surface area contributed by atoms with Gasteiger partial charge in [-0.25, -0.2) is 13.1 Å². The van der Waals surface area contributed by atoms with Crippen molar-refractivity contribution in [3.63, 3.8) is 0 Å². The molecule has 0 bridgehead atoms. The smallest absolute Gasteiger partial charge is 0.240 e. The van der Waals surface area contributed by atoms with E-state index in [-0.39, 0.29) is 0 Å². The summed E-state index contributed by atoms with van der Waals surface area (Å²) in [6.07, 6.45) is 4.12. The van der Waals surface area contributed by atoms with Crippen LogP contribution in [-0.4, -0.2) is 21.5 Å². The molecule has 0 aliphatic rings. The zero-order valence-electron chi connectivity index (χ0n) is 13.4. The van der Waals surface area contributed by atoms with Crippen LogP contribution in [-0.2, 0) is 10.0 Å². The van der Waals surface area contributed by atoms with Gasteiger partial charge in [-0.1, -0.05) is 33.6 Å². The Bertz CT molecular complexity index is 496. The number of nitrogens with one attached hydrogen (secondary N) is 2. The van der Waals surface area contributed by atoms with E-state index in [1.165, 1.54) is 0 Å². The van der Waals surface area contributed by atoms with Crippen LogP contribution >= 0.6 is 0 Å². The molecule has 0 heterocycles. The minimum Gasteiger partial charge on any atom is -0.385 e. The number of benzene rings is 1. The fourth-order valence-electron chi connectivity index (χ4n) is 1.99. The van der Waals surface area contributed by atoms with Crippen molar-refractivity contribution in [2.45, 2.75) is 51.3 Å². The highest BCUT2D eigenvalue weighted by atomic mass is 32.2. The van der Waals surface area contributed by atoms with E-state index in [0.717, 1.165) is 37.9 Å². The Kier molecular flexibility index (Phi) is 7.75. The molecule has 4 nitrogen and oxygen atoms in total. The molecule has 0 amide bonds. The topological polar surface area (TPSA) is 58.2 Å². The van der Waals surface area contributed by atoms with E-state index in [4.69, 9.17) is 0 Å².